The molecule has 0 saturated carbocycles. The molecule has 0 aliphatic rings. The number of benzene rings is 1. The standard InChI is InChI=1S/C10H11ClF3N/c11-9-3-1-8(2-4-9)7-15-6-5-10(12,13)14/h1-4,15H,5-7H2. The Morgan fingerprint density at radius 3 is 2.27 bits per heavy atom. The minimum atomic E-state index is -4.09. The fourth-order valence-electron chi connectivity index (χ4n) is 1.07. The van der Waals surface area contributed by atoms with E-state index >= 15 is 0 Å². The van der Waals surface area contributed by atoms with Crippen molar-refractivity contribution < 1.29 is 13.2 Å². The van der Waals surface area contributed by atoms with E-state index in [-0.39, 0.29) is 6.54 Å². The van der Waals surface area contributed by atoms with Gasteiger partial charge in [0.05, 0.1) is 6.42 Å². The Labute approximate surface area is 91.2 Å². The first-order chi connectivity index (χ1) is 6.97. The van der Waals surface area contributed by atoms with E-state index < -0.39 is 12.6 Å². The van der Waals surface area contributed by atoms with Crippen LogP contribution in [-0.4, -0.2) is 12.7 Å². The van der Waals surface area contributed by atoms with Crippen LogP contribution in [0.5, 0.6) is 0 Å². The lowest BCUT2D eigenvalue weighted by molar-refractivity contribution is -0.133. The number of hydrogen-bond donors (Lipinski definition) is 1. The SMILES string of the molecule is FC(F)(F)CCNCc1ccc(Cl)cc1. The largest absolute Gasteiger partial charge is 0.390 e. The summed E-state index contributed by atoms with van der Waals surface area (Å²) in [5.41, 5.74) is 0.918. The van der Waals surface area contributed by atoms with E-state index in [0.717, 1.165) is 5.56 Å². The quantitative estimate of drug-likeness (QED) is 0.792. The smallest absolute Gasteiger partial charge is 0.312 e. The molecule has 1 aromatic carbocycles. The topological polar surface area (TPSA) is 12.0 Å². The van der Waals surface area contributed by atoms with Crippen molar-refractivity contribution in [3.63, 3.8) is 0 Å². The van der Waals surface area contributed by atoms with Gasteiger partial charge in [0.15, 0.2) is 0 Å². The van der Waals surface area contributed by atoms with Gasteiger partial charge in [-0.05, 0) is 17.7 Å². The molecule has 0 amide bonds. The summed E-state index contributed by atoms with van der Waals surface area (Å²) in [6, 6.07) is 6.98. The van der Waals surface area contributed by atoms with Crippen molar-refractivity contribution in [3.05, 3.63) is 34.9 Å². The van der Waals surface area contributed by atoms with E-state index in [4.69, 9.17) is 11.6 Å². The predicted octanol–water partition coefficient (Wildman–Crippen LogP) is 3.38. The van der Waals surface area contributed by atoms with Crippen molar-refractivity contribution in [1.29, 1.82) is 0 Å². The van der Waals surface area contributed by atoms with Crippen molar-refractivity contribution in [2.45, 2.75) is 19.1 Å². The minimum absolute atomic E-state index is 0.0634. The van der Waals surface area contributed by atoms with Crippen LogP contribution in [0.2, 0.25) is 5.02 Å². The molecule has 0 heterocycles. The third-order valence-electron chi connectivity index (χ3n) is 1.83. The Balaban J connectivity index is 2.23. The summed E-state index contributed by atoms with van der Waals surface area (Å²) < 4.78 is 35.3. The van der Waals surface area contributed by atoms with Crippen LogP contribution in [0.3, 0.4) is 0 Å². The van der Waals surface area contributed by atoms with Crippen LogP contribution in [0.25, 0.3) is 0 Å². The maximum atomic E-state index is 11.8. The number of nitrogens with one attached hydrogen (secondary N) is 1. The molecule has 1 nitrogen and oxygen atoms in total. The molecule has 0 atom stereocenters. The van der Waals surface area contributed by atoms with Crippen LogP contribution < -0.4 is 5.32 Å². The number of alkyl halides is 3. The third-order valence-corrected chi connectivity index (χ3v) is 2.08. The zero-order chi connectivity index (χ0) is 11.3. The molecular weight excluding hydrogens is 227 g/mol. The molecule has 0 fully saturated rings. The Hall–Kier alpha value is -0.740. The molecule has 0 spiro atoms. The maximum Gasteiger partial charge on any atom is 0.390 e. The second kappa shape index (κ2) is 5.37. The summed E-state index contributed by atoms with van der Waals surface area (Å²) in [5.74, 6) is 0. The zero-order valence-corrected chi connectivity index (χ0v) is 8.70. The Kier molecular flexibility index (Phi) is 4.42. The first-order valence-corrected chi connectivity index (χ1v) is 4.87. The van der Waals surface area contributed by atoms with Crippen LogP contribution in [0, 0.1) is 0 Å². The molecule has 1 aromatic rings. The van der Waals surface area contributed by atoms with E-state index in [0.29, 0.717) is 11.6 Å². The average Bonchev–Trinajstić information content (AvgIpc) is 2.14. The van der Waals surface area contributed by atoms with Crippen molar-refractivity contribution in [3.8, 4) is 0 Å². The average molecular weight is 238 g/mol. The van der Waals surface area contributed by atoms with Crippen LogP contribution in [0.1, 0.15) is 12.0 Å². The lowest BCUT2D eigenvalue weighted by Gasteiger charge is -2.07. The molecule has 0 bridgehead atoms. The molecule has 0 radical (unpaired) electrons. The highest BCUT2D eigenvalue weighted by molar-refractivity contribution is 6.30. The summed E-state index contributed by atoms with van der Waals surface area (Å²) in [4.78, 5) is 0. The van der Waals surface area contributed by atoms with E-state index in [1.54, 1.807) is 24.3 Å². The van der Waals surface area contributed by atoms with Crippen LogP contribution in [0.4, 0.5) is 13.2 Å². The van der Waals surface area contributed by atoms with Crippen molar-refractivity contribution in [2.24, 2.45) is 0 Å². The maximum absolute atomic E-state index is 11.8. The highest BCUT2D eigenvalue weighted by Gasteiger charge is 2.25. The summed E-state index contributed by atoms with van der Waals surface area (Å²) in [6.45, 7) is 0.360. The molecule has 0 saturated heterocycles. The van der Waals surface area contributed by atoms with Gasteiger partial charge in [-0.15, -0.1) is 0 Å². The Morgan fingerprint density at radius 2 is 1.73 bits per heavy atom. The van der Waals surface area contributed by atoms with E-state index in [1.165, 1.54) is 0 Å². The molecule has 0 unspecified atom stereocenters. The van der Waals surface area contributed by atoms with Gasteiger partial charge in [-0.1, -0.05) is 23.7 Å². The molecular formula is C10H11ClF3N. The van der Waals surface area contributed by atoms with Gasteiger partial charge >= 0.3 is 6.18 Å². The van der Waals surface area contributed by atoms with Crippen molar-refractivity contribution >= 4 is 11.6 Å². The van der Waals surface area contributed by atoms with E-state index in [1.807, 2.05) is 0 Å². The van der Waals surface area contributed by atoms with Crippen molar-refractivity contribution in [1.82, 2.24) is 5.32 Å². The van der Waals surface area contributed by atoms with Crippen molar-refractivity contribution in [2.75, 3.05) is 6.54 Å². The van der Waals surface area contributed by atoms with Gasteiger partial charge in [0.1, 0.15) is 0 Å². The lowest BCUT2D eigenvalue weighted by Crippen LogP contribution is -2.21. The van der Waals surface area contributed by atoms with Crippen LogP contribution in [-0.2, 0) is 6.54 Å². The number of rotatable bonds is 4. The fourth-order valence-corrected chi connectivity index (χ4v) is 1.19. The summed E-state index contributed by atoms with van der Waals surface area (Å²) in [6.07, 6.45) is -4.90. The molecule has 84 valence electrons. The van der Waals surface area contributed by atoms with Gasteiger partial charge in [-0.2, -0.15) is 13.2 Å². The van der Waals surface area contributed by atoms with Gasteiger partial charge in [-0.25, -0.2) is 0 Å². The number of hydrogen-bond acceptors (Lipinski definition) is 1. The van der Waals surface area contributed by atoms with Gasteiger partial charge in [0, 0.05) is 18.1 Å². The van der Waals surface area contributed by atoms with E-state index in [9.17, 15) is 13.2 Å². The Morgan fingerprint density at radius 1 is 1.13 bits per heavy atom. The second-order valence-electron chi connectivity index (χ2n) is 3.17. The molecule has 0 aromatic heterocycles. The van der Waals surface area contributed by atoms with Gasteiger partial charge in [0.25, 0.3) is 0 Å². The van der Waals surface area contributed by atoms with Gasteiger partial charge in [-0.3, -0.25) is 0 Å². The fraction of sp³-hybridized carbons (Fsp3) is 0.400. The molecule has 5 heteroatoms. The summed E-state index contributed by atoms with van der Waals surface area (Å²) in [5, 5.41) is 3.33. The first-order valence-electron chi connectivity index (χ1n) is 4.49. The molecule has 1 rings (SSSR count). The minimum Gasteiger partial charge on any atom is -0.312 e. The number of halogens is 4. The van der Waals surface area contributed by atoms with Crippen LogP contribution >= 0.6 is 11.6 Å². The summed E-state index contributed by atoms with van der Waals surface area (Å²) >= 11 is 5.66. The van der Waals surface area contributed by atoms with Gasteiger partial charge < -0.3 is 5.32 Å². The first kappa shape index (κ1) is 12.3. The van der Waals surface area contributed by atoms with E-state index in [2.05, 4.69) is 5.32 Å². The molecule has 0 aliphatic carbocycles. The second-order valence-corrected chi connectivity index (χ2v) is 3.60. The highest BCUT2D eigenvalue weighted by Crippen LogP contribution is 2.18. The highest BCUT2D eigenvalue weighted by atomic mass is 35.5. The predicted molar refractivity (Wildman–Crippen MR) is 53.8 cm³/mol. The molecule has 1 N–H and O–H groups in total. The van der Waals surface area contributed by atoms with Gasteiger partial charge in [0.2, 0.25) is 0 Å². The third kappa shape index (κ3) is 5.64. The molecule has 0 aliphatic heterocycles. The summed E-state index contributed by atoms with van der Waals surface area (Å²) in [7, 11) is 0. The Bertz CT molecular complexity index is 295. The monoisotopic (exact) mass is 237 g/mol. The molecule has 15 heavy (non-hydrogen) atoms. The normalized spacial score (nSPS) is 11.7. The van der Waals surface area contributed by atoms with Crippen LogP contribution in [0.15, 0.2) is 24.3 Å². The lowest BCUT2D eigenvalue weighted by atomic mass is 10.2. The zero-order valence-electron chi connectivity index (χ0n) is 7.94.